The molecule has 5 rings (SSSR count). The molecule has 130 valence electrons. The van der Waals surface area contributed by atoms with Crippen molar-refractivity contribution < 1.29 is 9.15 Å². The van der Waals surface area contributed by atoms with Gasteiger partial charge in [0.1, 0.15) is 22.5 Å². The van der Waals surface area contributed by atoms with E-state index in [0.717, 1.165) is 26.7 Å². The maximum absolute atomic E-state index is 11.5. The van der Waals surface area contributed by atoms with E-state index in [1.807, 2.05) is 42.5 Å². The lowest BCUT2D eigenvalue weighted by molar-refractivity contribution is 0.467. The Hall–Kier alpha value is -3.51. The first-order valence-corrected chi connectivity index (χ1v) is 9.15. The number of fused-ring (bicyclic) bond motifs is 2. The zero-order chi connectivity index (χ0) is 18.2. The Morgan fingerprint density at radius 2 is 1.81 bits per heavy atom. The molecule has 27 heavy (non-hydrogen) atoms. The van der Waals surface area contributed by atoms with Crippen LogP contribution in [-0.2, 0) is 0 Å². The molecule has 0 bridgehead atoms. The highest BCUT2D eigenvalue weighted by Gasteiger charge is 2.15. The maximum atomic E-state index is 11.5. The Balaban J connectivity index is 1.63. The second-order valence-corrected chi connectivity index (χ2v) is 6.79. The quantitative estimate of drug-likeness (QED) is 0.404. The molecular weight excluding hydrogens is 360 g/mol. The third kappa shape index (κ3) is 2.86. The van der Waals surface area contributed by atoms with Gasteiger partial charge in [-0.3, -0.25) is 0 Å². The van der Waals surface area contributed by atoms with E-state index in [1.165, 1.54) is 12.4 Å². The average molecular weight is 372 g/mol. The lowest BCUT2D eigenvalue weighted by Gasteiger charge is -2.08. The van der Waals surface area contributed by atoms with E-state index in [4.69, 9.17) is 9.15 Å². The van der Waals surface area contributed by atoms with E-state index in [1.54, 1.807) is 23.5 Å². The van der Waals surface area contributed by atoms with Crippen LogP contribution in [-0.4, -0.2) is 9.97 Å². The highest BCUT2D eigenvalue weighted by atomic mass is 32.1. The molecule has 3 heterocycles. The molecule has 0 unspecified atom stereocenters. The van der Waals surface area contributed by atoms with Crippen molar-refractivity contribution >= 4 is 32.5 Å². The molecule has 3 aromatic heterocycles. The molecule has 0 amide bonds. The predicted molar refractivity (Wildman–Crippen MR) is 105 cm³/mol. The fraction of sp³-hybridized carbons (Fsp3) is 0. The predicted octanol–water partition coefficient (Wildman–Crippen LogP) is 5.26. The van der Waals surface area contributed by atoms with Gasteiger partial charge in [0.2, 0.25) is 5.88 Å². The SMILES string of the molecule is O=c1ccc2ccc(Oc3ncnc4scc(-c5ccccc5)c34)cc2o1. The van der Waals surface area contributed by atoms with E-state index in [2.05, 4.69) is 15.3 Å². The first-order chi connectivity index (χ1) is 13.3. The molecule has 0 aliphatic heterocycles. The average Bonchev–Trinajstić information content (AvgIpc) is 3.14. The standard InChI is InChI=1S/C21H12N2O3S/c24-18-9-7-14-6-8-15(10-17(14)26-18)25-20-19-16(13-4-2-1-3-5-13)11-27-21(19)23-12-22-20/h1-12H. The zero-order valence-corrected chi connectivity index (χ0v) is 14.8. The van der Waals surface area contributed by atoms with Crippen LogP contribution in [0.3, 0.4) is 0 Å². The highest BCUT2D eigenvalue weighted by molar-refractivity contribution is 7.17. The van der Waals surface area contributed by atoms with Gasteiger partial charge in [0, 0.05) is 28.5 Å². The van der Waals surface area contributed by atoms with E-state index >= 15 is 0 Å². The second-order valence-electron chi connectivity index (χ2n) is 5.93. The summed E-state index contributed by atoms with van der Waals surface area (Å²) in [4.78, 5) is 21.0. The summed E-state index contributed by atoms with van der Waals surface area (Å²) in [5.41, 5.74) is 2.18. The summed E-state index contributed by atoms with van der Waals surface area (Å²) < 4.78 is 11.3. The minimum Gasteiger partial charge on any atom is -0.438 e. The molecule has 0 fully saturated rings. The van der Waals surface area contributed by atoms with Crippen molar-refractivity contribution in [3.63, 3.8) is 0 Å². The molecule has 2 aromatic carbocycles. The summed E-state index contributed by atoms with van der Waals surface area (Å²) in [5.74, 6) is 1.01. The third-order valence-electron chi connectivity index (χ3n) is 4.23. The molecule has 5 aromatic rings. The van der Waals surface area contributed by atoms with Crippen LogP contribution < -0.4 is 10.4 Å². The summed E-state index contributed by atoms with van der Waals surface area (Å²) in [5, 5.41) is 3.75. The monoisotopic (exact) mass is 372 g/mol. The number of nitrogens with zero attached hydrogens (tertiary/aromatic N) is 2. The van der Waals surface area contributed by atoms with Crippen LogP contribution in [0.5, 0.6) is 11.6 Å². The van der Waals surface area contributed by atoms with E-state index in [9.17, 15) is 4.79 Å². The number of hydrogen-bond acceptors (Lipinski definition) is 6. The number of benzene rings is 2. The normalized spacial score (nSPS) is 11.1. The van der Waals surface area contributed by atoms with E-state index in [-0.39, 0.29) is 0 Å². The van der Waals surface area contributed by atoms with Gasteiger partial charge in [-0.15, -0.1) is 11.3 Å². The molecule has 0 radical (unpaired) electrons. The topological polar surface area (TPSA) is 65.2 Å². The van der Waals surface area contributed by atoms with E-state index in [0.29, 0.717) is 17.2 Å². The third-order valence-corrected chi connectivity index (χ3v) is 5.12. The fourth-order valence-electron chi connectivity index (χ4n) is 2.97. The van der Waals surface area contributed by atoms with Crippen molar-refractivity contribution in [3.05, 3.63) is 82.8 Å². The zero-order valence-electron chi connectivity index (χ0n) is 14.0. The number of hydrogen-bond donors (Lipinski definition) is 0. The number of ether oxygens (including phenoxy) is 1. The van der Waals surface area contributed by atoms with Crippen molar-refractivity contribution in [2.24, 2.45) is 0 Å². The maximum Gasteiger partial charge on any atom is 0.336 e. The molecule has 0 aliphatic carbocycles. The summed E-state index contributed by atoms with van der Waals surface area (Å²) >= 11 is 1.55. The Morgan fingerprint density at radius 3 is 2.70 bits per heavy atom. The molecule has 0 atom stereocenters. The van der Waals surface area contributed by atoms with Crippen molar-refractivity contribution in [2.45, 2.75) is 0 Å². The van der Waals surface area contributed by atoms with Gasteiger partial charge in [-0.2, -0.15) is 0 Å². The van der Waals surface area contributed by atoms with Crippen molar-refractivity contribution in [2.75, 3.05) is 0 Å². The molecule has 5 nitrogen and oxygen atoms in total. The van der Waals surface area contributed by atoms with Crippen LogP contribution in [0, 0.1) is 0 Å². The van der Waals surface area contributed by atoms with Crippen molar-refractivity contribution in [1.82, 2.24) is 9.97 Å². The smallest absolute Gasteiger partial charge is 0.336 e. The lowest BCUT2D eigenvalue weighted by atomic mass is 10.1. The number of rotatable bonds is 3. The first kappa shape index (κ1) is 15.7. The van der Waals surface area contributed by atoms with Gasteiger partial charge >= 0.3 is 5.63 Å². The Morgan fingerprint density at radius 1 is 0.963 bits per heavy atom. The van der Waals surface area contributed by atoms with Crippen LogP contribution >= 0.6 is 11.3 Å². The van der Waals surface area contributed by atoms with Gasteiger partial charge < -0.3 is 9.15 Å². The van der Waals surface area contributed by atoms with Gasteiger partial charge in [-0.05, 0) is 23.8 Å². The lowest BCUT2D eigenvalue weighted by Crippen LogP contribution is -1.95. The van der Waals surface area contributed by atoms with Crippen LogP contribution in [0.4, 0.5) is 0 Å². The Labute approximate surface area is 157 Å². The fourth-order valence-corrected chi connectivity index (χ4v) is 3.88. The largest absolute Gasteiger partial charge is 0.438 e. The molecule has 0 N–H and O–H groups in total. The van der Waals surface area contributed by atoms with Gasteiger partial charge in [0.15, 0.2) is 0 Å². The summed E-state index contributed by atoms with van der Waals surface area (Å²) in [6, 6.07) is 18.5. The minimum atomic E-state index is -0.395. The van der Waals surface area contributed by atoms with Crippen LogP contribution in [0.15, 0.2) is 81.6 Å². The van der Waals surface area contributed by atoms with Gasteiger partial charge in [0.05, 0.1) is 5.39 Å². The molecule has 0 spiro atoms. The molecular formula is C21H12N2O3S. The van der Waals surface area contributed by atoms with Gasteiger partial charge in [-0.25, -0.2) is 14.8 Å². The number of thiophene rings is 1. The van der Waals surface area contributed by atoms with Crippen molar-refractivity contribution in [3.8, 4) is 22.8 Å². The molecule has 6 heteroatoms. The summed E-state index contributed by atoms with van der Waals surface area (Å²) in [7, 11) is 0. The van der Waals surface area contributed by atoms with Crippen molar-refractivity contribution in [1.29, 1.82) is 0 Å². The van der Waals surface area contributed by atoms with Gasteiger partial charge in [0.25, 0.3) is 0 Å². The Kier molecular flexibility index (Phi) is 3.69. The van der Waals surface area contributed by atoms with Gasteiger partial charge in [-0.1, -0.05) is 30.3 Å². The van der Waals surface area contributed by atoms with Crippen LogP contribution in [0.2, 0.25) is 0 Å². The summed E-state index contributed by atoms with van der Waals surface area (Å²) in [6.45, 7) is 0. The second kappa shape index (κ2) is 6.34. The molecule has 0 aliphatic rings. The van der Waals surface area contributed by atoms with E-state index < -0.39 is 5.63 Å². The molecule has 0 saturated heterocycles. The highest BCUT2D eigenvalue weighted by Crippen LogP contribution is 2.39. The first-order valence-electron chi connectivity index (χ1n) is 8.27. The van der Waals surface area contributed by atoms with Crippen LogP contribution in [0.25, 0.3) is 32.3 Å². The summed E-state index contributed by atoms with van der Waals surface area (Å²) in [6.07, 6.45) is 1.49. The van der Waals surface area contributed by atoms with Crippen LogP contribution in [0.1, 0.15) is 0 Å². The number of aromatic nitrogens is 2. The Bertz CT molecular complexity index is 1330. The minimum absolute atomic E-state index is 0.395. The molecule has 0 saturated carbocycles.